The normalized spacial score (nSPS) is 20.7. The second kappa shape index (κ2) is 13.0. The molecule has 1 saturated heterocycles. The maximum Gasteiger partial charge on any atom is 0.215 e. The van der Waals surface area contributed by atoms with Crippen molar-refractivity contribution >= 4 is 52.5 Å². The molecule has 6 nitrogen and oxygen atoms in total. The summed E-state index contributed by atoms with van der Waals surface area (Å²) in [4.78, 5) is 6.56. The molecule has 10 heteroatoms. The summed E-state index contributed by atoms with van der Waals surface area (Å²) in [7, 11) is 0. The third-order valence-corrected chi connectivity index (χ3v) is 8.40. The number of hydrogen-bond acceptors (Lipinski definition) is 5. The lowest BCUT2D eigenvalue weighted by Crippen LogP contribution is -2.34. The standard InChI is InChI=1S/C32H29Cl4N3O3/c33-25-4-6-30(31(36)16-25)32(20-39-11-8-37-21-39)41-19-29(42-32)18-40-28-5-3-24-17-38(10-7-23(24)14-28)9-1-2-22-12-26(34)15-27(35)13-22/h1-6,8,11-16,21,29H,7,9-10,17-20H2/t29-,32-/m0/s1. The molecule has 2 aliphatic rings. The van der Waals surface area contributed by atoms with Crippen molar-refractivity contribution in [1.82, 2.24) is 14.5 Å². The SMILES string of the molecule is Clc1cc(Cl)cc(C=CCN2CCc3cc(OC[C@H]4CO[C@](Cn5ccnc5)(c5ccc(Cl)cc5Cl)O4)ccc3C2)c1. The van der Waals surface area contributed by atoms with Crippen LogP contribution in [0.3, 0.4) is 0 Å². The van der Waals surface area contributed by atoms with Gasteiger partial charge < -0.3 is 18.8 Å². The summed E-state index contributed by atoms with van der Waals surface area (Å²) in [5.41, 5.74) is 4.33. The molecule has 1 fully saturated rings. The number of hydrogen-bond donors (Lipinski definition) is 0. The van der Waals surface area contributed by atoms with E-state index in [4.69, 9.17) is 60.6 Å². The Labute approximate surface area is 265 Å². The predicted molar refractivity (Wildman–Crippen MR) is 168 cm³/mol. The van der Waals surface area contributed by atoms with Crippen molar-refractivity contribution < 1.29 is 14.2 Å². The summed E-state index contributed by atoms with van der Waals surface area (Å²) >= 11 is 25.0. The Kier molecular flexibility index (Phi) is 9.12. The fourth-order valence-corrected chi connectivity index (χ4v) is 6.50. The van der Waals surface area contributed by atoms with Crippen LogP contribution >= 0.6 is 46.4 Å². The molecule has 3 aromatic carbocycles. The largest absolute Gasteiger partial charge is 0.491 e. The molecule has 4 aromatic rings. The fraction of sp³-hybridized carbons (Fsp3) is 0.281. The average molecular weight is 645 g/mol. The second-order valence-corrected chi connectivity index (χ2v) is 12.2. The van der Waals surface area contributed by atoms with E-state index in [0.29, 0.717) is 45.4 Å². The highest BCUT2D eigenvalue weighted by Gasteiger charge is 2.45. The molecule has 0 amide bonds. The van der Waals surface area contributed by atoms with Crippen LogP contribution in [0.1, 0.15) is 22.3 Å². The summed E-state index contributed by atoms with van der Waals surface area (Å²) < 4.78 is 20.9. The van der Waals surface area contributed by atoms with Gasteiger partial charge in [0.15, 0.2) is 0 Å². The molecule has 0 saturated carbocycles. The molecular formula is C32H29Cl4N3O3. The van der Waals surface area contributed by atoms with Gasteiger partial charge in [-0.25, -0.2) is 4.98 Å². The van der Waals surface area contributed by atoms with Gasteiger partial charge in [-0.05, 0) is 65.6 Å². The van der Waals surface area contributed by atoms with Crippen LogP contribution in [0.25, 0.3) is 6.08 Å². The molecule has 6 rings (SSSR count). The van der Waals surface area contributed by atoms with Gasteiger partial charge in [-0.15, -0.1) is 0 Å². The zero-order valence-electron chi connectivity index (χ0n) is 22.7. The molecule has 2 aliphatic heterocycles. The van der Waals surface area contributed by atoms with Crippen molar-refractivity contribution in [3.63, 3.8) is 0 Å². The van der Waals surface area contributed by atoms with Crippen molar-refractivity contribution in [1.29, 1.82) is 0 Å². The van der Waals surface area contributed by atoms with Crippen molar-refractivity contribution in [2.45, 2.75) is 31.4 Å². The fourth-order valence-electron chi connectivity index (χ4n) is 5.41. The molecular weight excluding hydrogens is 616 g/mol. The average Bonchev–Trinajstić information content (AvgIpc) is 3.62. The molecule has 0 spiro atoms. The Hall–Kier alpha value is -2.55. The summed E-state index contributed by atoms with van der Waals surface area (Å²) in [5.74, 6) is -0.261. The first kappa shape index (κ1) is 29.5. The first-order valence-electron chi connectivity index (χ1n) is 13.7. The molecule has 42 heavy (non-hydrogen) atoms. The zero-order chi connectivity index (χ0) is 29.1. The van der Waals surface area contributed by atoms with Crippen LogP contribution < -0.4 is 4.74 Å². The molecule has 1 aromatic heterocycles. The number of halogens is 4. The Morgan fingerprint density at radius 2 is 1.83 bits per heavy atom. The van der Waals surface area contributed by atoms with E-state index < -0.39 is 5.79 Å². The minimum absolute atomic E-state index is 0.284. The van der Waals surface area contributed by atoms with E-state index in [2.05, 4.69) is 34.2 Å². The Bertz CT molecular complexity index is 1560. The first-order chi connectivity index (χ1) is 20.3. The summed E-state index contributed by atoms with van der Waals surface area (Å²) in [6, 6.07) is 17.2. The first-order valence-corrected chi connectivity index (χ1v) is 15.2. The maximum absolute atomic E-state index is 6.59. The quantitative estimate of drug-likeness (QED) is 0.185. The lowest BCUT2D eigenvalue weighted by molar-refractivity contribution is -0.189. The Morgan fingerprint density at radius 3 is 2.62 bits per heavy atom. The lowest BCUT2D eigenvalue weighted by atomic mass is 9.99. The third-order valence-electron chi connectivity index (χ3n) is 7.41. The number of fused-ring (bicyclic) bond motifs is 1. The minimum atomic E-state index is -1.08. The maximum atomic E-state index is 6.59. The number of imidazole rings is 1. The second-order valence-electron chi connectivity index (χ2n) is 10.5. The van der Waals surface area contributed by atoms with Crippen molar-refractivity contribution in [3.8, 4) is 5.75 Å². The number of benzene rings is 3. The molecule has 2 atom stereocenters. The number of ether oxygens (including phenoxy) is 3. The highest BCUT2D eigenvalue weighted by molar-refractivity contribution is 6.35. The van der Waals surface area contributed by atoms with Crippen molar-refractivity contribution in [2.24, 2.45) is 0 Å². The van der Waals surface area contributed by atoms with Crippen molar-refractivity contribution in [3.05, 3.63) is 122 Å². The summed E-state index contributed by atoms with van der Waals surface area (Å²) in [6.07, 6.45) is 10.2. The number of rotatable bonds is 9. The smallest absolute Gasteiger partial charge is 0.215 e. The van der Waals surface area contributed by atoms with Gasteiger partial charge in [-0.2, -0.15) is 0 Å². The lowest BCUT2D eigenvalue weighted by Gasteiger charge is -2.30. The van der Waals surface area contributed by atoms with Gasteiger partial charge in [-0.3, -0.25) is 4.90 Å². The van der Waals surface area contributed by atoms with E-state index >= 15 is 0 Å². The van der Waals surface area contributed by atoms with Gasteiger partial charge in [0, 0.05) is 52.7 Å². The van der Waals surface area contributed by atoms with Gasteiger partial charge in [0.25, 0.3) is 0 Å². The Morgan fingerprint density at radius 1 is 0.976 bits per heavy atom. The van der Waals surface area contributed by atoms with Crippen LogP contribution in [0.4, 0.5) is 0 Å². The van der Waals surface area contributed by atoms with Crippen LogP contribution in [0.15, 0.2) is 79.4 Å². The van der Waals surface area contributed by atoms with E-state index in [0.717, 1.165) is 37.4 Å². The van der Waals surface area contributed by atoms with E-state index in [1.165, 1.54) is 11.1 Å². The van der Waals surface area contributed by atoms with Crippen LogP contribution in [-0.4, -0.2) is 46.9 Å². The van der Waals surface area contributed by atoms with E-state index in [-0.39, 0.29) is 6.10 Å². The highest BCUT2D eigenvalue weighted by Crippen LogP contribution is 2.40. The molecule has 0 bridgehead atoms. The molecule has 218 valence electrons. The van der Waals surface area contributed by atoms with E-state index in [1.807, 2.05) is 35.0 Å². The van der Waals surface area contributed by atoms with Gasteiger partial charge in [0.1, 0.15) is 18.5 Å². The van der Waals surface area contributed by atoms with Gasteiger partial charge in [0.2, 0.25) is 5.79 Å². The van der Waals surface area contributed by atoms with Gasteiger partial charge in [0.05, 0.1) is 24.5 Å². The molecule has 0 aliphatic carbocycles. The highest BCUT2D eigenvalue weighted by atomic mass is 35.5. The minimum Gasteiger partial charge on any atom is -0.491 e. The molecule has 0 radical (unpaired) electrons. The number of nitrogens with zero attached hydrogens (tertiary/aromatic N) is 3. The third kappa shape index (κ3) is 6.98. The van der Waals surface area contributed by atoms with Crippen LogP contribution in [0.2, 0.25) is 20.1 Å². The summed E-state index contributed by atoms with van der Waals surface area (Å²) in [6.45, 7) is 3.80. The Balaban J connectivity index is 1.06. The topological polar surface area (TPSA) is 48.8 Å². The van der Waals surface area contributed by atoms with E-state index in [1.54, 1.807) is 30.7 Å². The molecule has 0 N–H and O–H groups in total. The molecule has 0 unspecified atom stereocenters. The van der Waals surface area contributed by atoms with Crippen molar-refractivity contribution in [2.75, 3.05) is 26.3 Å². The van der Waals surface area contributed by atoms with Crippen LogP contribution in [0, 0.1) is 0 Å². The van der Waals surface area contributed by atoms with Gasteiger partial charge in [-0.1, -0.05) is 70.7 Å². The van der Waals surface area contributed by atoms with Crippen LogP contribution in [0.5, 0.6) is 5.75 Å². The monoisotopic (exact) mass is 643 g/mol. The van der Waals surface area contributed by atoms with Gasteiger partial charge >= 0.3 is 0 Å². The zero-order valence-corrected chi connectivity index (χ0v) is 25.7. The summed E-state index contributed by atoms with van der Waals surface area (Å²) in [5, 5.41) is 2.31. The molecule has 3 heterocycles. The van der Waals surface area contributed by atoms with E-state index in [9.17, 15) is 0 Å². The van der Waals surface area contributed by atoms with Crippen LogP contribution in [-0.2, 0) is 34.8 Å². The predicted octanol–water partition coefficient (Wildman–Crippen LogP) is 7.92. The number of aromatic nitrogens is 2.